The van der Waals surface area contributed by atoms with Crippen molar-refractivity contribution in [2.24, 2.45) is 1.52 Å². The van der Waals surface area contributed by atoms with Gasteiger partial charge in [0.05, 0.1) is 0 Å². The first-order valence-corrected chi connectivity index (χ1v) is 3.96. The molecular formula is C8H8N2Tm. The van der Waals surface area contributed by atoms with Crippen molar-refractivity contribution >= 4 is 5.84 Å². The van der Waals surface area contributed by atoms with Crippen LogP contribution in [0.25, 0.3) is 0 Å². The molecule has 3 heteroatoms. The normalized spacial score (nSPS) is 9.36. The minimum absolute atomic E-state index is 0.292. The first-order valence-electron chi connectivity index (χ1n) is 3.17. The van der Waals surface area contributed by atoms with E-state index in [2.05, 4.69) is 36.4 Å². The summed E-state index contributed by atoms with van der Waals surface area (Å²) in [7, 11) is 0. The molecule has 0 fully saturated rings. The molecule has 0 atom stereocenters. The molecule has 0 aliphatic carbocycles. The Morgan fingerprint density at radius 3 is 2.82 bits per heavy atom. The van der Waals surface area contributed by atoms with E-state index in [1.807, 2.05) is 31.2 Å². The molecule has 1 N–H and O–H groups in total. The predicted octanol–water partition coefficient (Wildman–Crippen LogP) is 2.05. The van der Waals surface area contributed by atoms with Crippen LogP contribution in [0.15, 0.2) is 25.8 Å². The number of hydrogen-bond donors (Lipinski definition) is 1. The molecule has 11 heavy (non-hydrogen) atoms. The molecule has 2 nitrogen and oxygen atoms in total. The van der Waals surface area contributed by atoms with E-state index in [0.29, 0.717) is 5.84 Å². The number of nitrogens with zero attached hydrogens (tertiary/aromatic N) is 1. The van der Waals surface area contributed by atoms with Gasteiger partial charge >= 0.3 is 89.9 Å². The number of nitrogens with one attached hydrogen (secondary N) is 1. The number of rotatable bonds is 1. The molecule has 0 aromatic heterocycles. The van der Waals surface area contributed by atoms with Gasteiger partial charge < -0.3 is 0 Å². The van der Waals surface area contributed by atoms with E-state index < -0.39 is 0 Å². The van der Waals surface area contributed by atoms with Crippen LogP contribution in [-0.2, 0) is 0 Å². The molecule has 0 radical (unpaired) electrons. The molecule has 0 amide bonds. The summed E-state index contributed by atoms with van der Waals surface area (Å²) >= 11 is 2.37. The average molecular weight is 301 g/mol. The quantitative estimate of drug-likeness (QED) is 0.609. The first-order chi connectivity index (χ1) is 5.24. The zero-order valence-corrected chi connectivity index (χ0v) is 7.81. The summed E-state index contributed by atoms with van der Waals surface area (Å²) < 4.78 is 3.67. The van der Waals surface area contributed by atoms with E-state index in [1.54, 1.807) is 0 Å². The molecule has 0 aliphatic heterocycles. The van der Waals surface area contributed by atoms with Crippen molar-refractivity contribution in [3.8, 4) is 0 Å². The Balaban J connectivity index is 3.05. The maximum atomic E-state index is 7.38. The Bertz CT molecular complexity index is 294. The van der Waals surface area contributed by atoms with Gasteiger partial charge in [-0.05, 0) is 0 Å². The molecule has 0 saturated carbocycles. The second kappa shape index (κ2) is 4.08. The predicted molar refractivity (Wildman–Crippen MR) is 40.4 cm³/mol. The van der Waals surface area contributed by atoms with Crippen LogP contribution < -0.4 is 0 Å². The Morgan fingerprint density at radius 2 is 2.27 bits per heavy atom. The van der Waals surface area contributed by atoms with Crippen molar-refractivity contribution in [3.63, 3.8) is 0 Å². The summed E-state index contributed by atoms with van der Waals surface area (Å²) in [6, 6.07) is 7.73. The fourth-order valence-corrected chi connectivity index (χ4v) is 1.06. The average Bonchev–Trinajstić information content (AvgIpc) is 2.03. The van der Waals surface area contributed by atoms with E-state index in [9.17, 15) is 0 Å². The Kier molecular flexibility index (Phi) is 3.34. The van der Waals surface area contributed by atoms with Gasteiger partial charge in [0, 0.05) is 0 Å². The summed E-state index contributed by atoms with van der Waals surface area (Å²) in [6.07, 6.45) is 0. The molecule has 1 aromatic rings. The number of amidine groups is 1. The van der Waals surface area contributed by atoms with Crippen LogP contribution in [0.2, 0.25) is 0 Å². The van der Waals surface area contributed by atoms with Crippen LogP contribution in [0, 0.1) is 47.2 Å². The number of hydrogen-bond acceptors (Lipinski definition) is 1. The molecule has 0 saturated heterocycles. The van der Waals surface area contributed by atoms with Gasteiger partial charge in [0.1, 0.15) is 0 Å². The molecule has 0 unspecified atom stereocenters. The summed E-state index contributed by atoms with van der Waals surface area (Å²) in [5.74, 6) is 0.292. The van der Waals surface area contributed by atoms with Gasteiger partial charge in [-0.25, -0.2) is 0 Å². The Hall–Kier alpha value is -0.0762. The first kappa shape index (κ1) is 9.02. The van der Waals surface area contributed by atoms with Gasteiger partial charge in [0.15, 0.2) is 0 Å². The third-order valence-electron chi connectivity index (χ3n) is 1.35. The van der Waals surface area contributed by atoms with Gasteiger partial charge in [-0.15, -0.1) is 0 Å². The van der Waals surface area contributed by atoms with Crippen LogP contribution in [0.4, 0.5) is 0 Å². The standard InChI is InChI=1S/C8H8N2.Tm/c1-6-3-2-4-7(5-6)8(9)10;/h2-5,9H,1H3;. The van der Waals surface area contributed by atoms with Crippen LogP contribution in [0.1, 0.15) is 11.1 Å². The molecule has 63 valence electrons. The van der Waals surface area contributed by atoms with E-state index in [1.165, 1.54) is 0 Å². The van der Waals surface area contributed by atoms with Crippen LogP contribution in [0.5, 0.6) is 0 Å². The third kappa shape index (κ3) is 2.46. The molecule has 1 aromatic carbocycles. The van der Waals surface area contributed by atoms with Crippen LogP contribution in [-0.4, -0.2) is 5.84 Å². The van der Waals surface area contributed by atoms with Crippen molar-refractivity contribution < 1.29 is 34.8 Å². The number of benzene rings is 1. The molecule has 0 bridgehead atoms. The van der Waals surface area contributed by atoms with E-state index in [-0.39, 0.29) is 0 Å². The van der Waals surface area contributed by atoms with Crippen molar-refractivity contribution in [2.75, 3.05) is 0 Å². The summed E-state index contributed by atoms with van der Waals surface area (Å²) in [5.41, 5.74) is 2.00. The SMILES string of the molecule is Cc1cccc(C(=N)[N]=[Tm])c1. The molecule has 0 spiro atoms. The molecule has 0 aliphatic rings. The molecule has 1 rings (SSSR count). The van der Waals surface area contributed by atoms with Gasteiger partial charge in [0.2, 0.25) is 0 Å². The zero-order chi connectivity index (χ0) is 8.27. The second-order valence-electron chi connectivity index (χ2n) is 2.28. The fourth-order valence-electron chi connectivity index (χ4n) is 0.828. The number of aryl methyl sites for hydroxylation is 1. The summed E-state index contributed by atoms with van der Waals surface area (Å²) in [4.78, 5) is 0. The van der Waals surface area contributed by atoms with Crippen molar-refractivity contribution in [3.05, 3.63) is 35.4 Å². The molecular weight excluding hydrogens is 293 g/mol. The topological polar surface area (TPSA) is 36.2 Å². The summed E-state index contributed by atoms with van der Waals surface area (Å²) in [5, 5.41) is 7.38. The minimum atomic E-state index is 0.292. The van der Waals surface area contributed by atoms with Gasteiger partial charge in [-0.1, -0.05) is 0 Å². The van der Waals surface area contributed by atoms with E-state index in [4.69, 9.17) is 5.41 Å². The Labute approximate surface area is 89.2 Å². The van der Waals surface area contributed by atoms with E-state index in [0.717, 1.165) is 11.1 Å². The monoisotopic (exact) mass is 301 g/mol. The van der Waals surface area contributed by atoms with Crippen LogP contribution >= 0.6 is 0 Å². The van der Waals surface area contributed by atoms with Gasteiger partial charge in [-0.3, -0.25) is 0 Å². The zero-order valence-electron chi connectivity index (χ0n) is 6.03. The Morgan fingerprint density at radius 1 is 1.55 bits per heavy atom. The second-order valence-corrected chi connectivity index (χ2v) is 2.68. The summed E-state index contributed by atoms with van der Waals surface area (Å²) in [6.45, 7) is 2.00. The van der Waals surface area contributed by atoms with Crippen molar-refractivity contribution in [2.45, 2.75) is 6.92 Å². The van der Waals surface area contributed by atoms with Crippen LogP contribution in [0.3, 0.4) is 0 Å². The molecule has 0 heterocycles. The van der Waals surface area contributed by atoms with Crippen molar-refractivity contribution in [1.29, 1.82) is 5.41 Å². The maximum absolute atomic E-state index is 7.38. The third-order valence-corrected chi connectivity index (χ3v) is 1.75. The van der Waals surface area contributed by atoms with Gasteiger partial charge in [-0.2, -0.15) is 0 Å². The fraction of sp³-hybridized carbons (Fsp3) is 0.125. The van der Waals surface area contributed by atoms with Gasteiger partial charge in [0.25, 0.3) is 0 Å². The van der Waals surface area contributed by atoms with E-state index >= 15 is 0 Å². The van der Waals surface area contributed by atoms with Crippen molar-refractivity contribution in [1.82, 2.24) is 0 Å².